The molecule has 0 aromatic heterocycles. The molecular formula is C13H19NO4. The summed E-state index contributed by atoms with van der Waals surface area (Å²) < 4.78 is 11.4. The van der Waals surface area contributed by atoms with Gasteiger partial charge in [0.15, 0.2) is 0 Å². The lowest BCUT2D eigenvalue weighted by molar-refractivity contribution is -0.120. The highest BCUT2D eigenvalue weighted by atomic mass is 16.5. The highest BCUT2D eigenvalue weighted by Crippen LogP contribution is 2.40. The molecule has 0 saturated carbocycles. The molecule has 1 amide bonds. The second kappa shape index (κ2) is 4.99. The molecule has 4 atom stereocenters. The minimum absolute atomic E-state index is 0.0615. The maximum Gasteiger partial charge on any atom is 0.222 e. The Morgan fingerprint density at radius 1 is 1.50 bits per heavy atom. The molecule has 5 nitrogen and oxygen atoms in total. The van der Waals surface area contributed by atoms with Gasteiger partial charge in [-0.1, -0.05) is 6.08 Å². The van der Waals surface area contributed by atoms with Crippen LogP contribution in [0, 0.1) is 11.8 Å². The van der Waals surface area contributed by atoms with Crippen molar-refractivity contribution in [3.8, 4) is 0 Å². The lowest BCUT2D eigenvalue weighted by Gasteiger charge is -2.22. The smallest absolute Gasteiger partial charge is 0.222 e. The average molecular weight is 253 g/mol. The Labute approximate surface area is 106 Å². The van der Waals surface area contributed by atoms with Crippen molar-refractivity contribution in [1.29, 1.82) is 0 Å². The number of nitrogens with one attached hydrogen (secondary N) is 1. The maximum absolute atomic E-state index is 11.1. The molecule has 100 valence electrons. The molecular weight excluding hydrogens is 234 g/mol. The molecule has 0 unspecified atom stereocenters. The van der Waals surface area contributed by atoms with Gasteiger partial charge in [0, 0.05) is 25.4 Å². The normalized spacial score (nSPS) is 38.7. The number of ether oxygens (including phenoxy) is 2. The van der Waals surface area contributed by atoms with Crippen LogP contribution in [0.3, 0.4) is 0 Å². The van der Waals surface area contributed by atoms with Crippen LogP contribution in [-0.4, -0.2) is 43.2 Å². The van der Waals surface area contributed by atoms with Crippen molar-refractivity contribution in [3.63, 3.8) is 0 Å². The fourth-order valence-corrected chi connectivity index (χ4v) is 3.17. The van der Waals surface area contributed by atoms with Crippen LogP contribution in [0.1, 0.15) is 19.3 Å². The van der Waals surface area contributed by atoms with Crippen molar-refractivity contribution in [2.75, 3.05) is 19.8 Å². The van der Waals surface area contributed by atoms with Gasteiger partial charge in [-0.25, -0.2) is 0 Å². The highest BCUT2D eigenvalue weighted by Gasteiger charge is 2.41. The van der Waals surface area contributed by atoms with Gasteiger partial charge >= 0.3 is 0 Å². The van der Waals surface area contributed by atoms with E-state index in [0.717, 1.165) is 25.0 Å². The third kappa shape index (κ3) is 2.18. The molecule has 0 aromatic carbocycles. The van der Waals surface area contributed by atoms with Crippen molar-refractivity contribution in [2.24, 2.45) is 11.8 Å². The summed E-state index contributed by atoms with van der Waals surface area (Å²) >= 11 is 0. The molecule has 2 saturated heterocycles. The summed E-state index contributed by atoms with van der Waals surface area (Å²) in [6.07, 6.45) is 4.36. The van der Waals surface area contributed by atoms with Crippen LogP contribution in [0.4, 0.5) is 0 Å². The van der Waals surface area contributed by atoms with Crippen LogP contribution in [0.25, 0.3) is 0 Å². The molecule has 2 heterocycles. The second-order valence-corrected chi connectivity index (χ2v) is 5.22. The Bertz CT molecular complexity index is 368. The van der Waals surface area contributed by atoms with Gasteiger partial charge in [-0.15, -0.1) is 0 Å². The van der Waals surface area contributed by atoms with E-state index in [4.69, 9.17) is 9.47 Å². The molecule has 2 N–H and O–H groups in total. The zero-order valence-electron chi connectivity index (χ0n) is 10.3. The number of aliphatic hydroxyl groups excluding tert-OH is 1. The summed E-state index contributed by atoms with van der Waals surface area (Å²) in [5, 5.41) is 12.2. The van der Waals surface area contributed by atoms with E-state index in [9.17, 15) is 9.90 Å². The van der Waals surface area contributed by atoms with Crippen LogP contribution in [0.5, 0.6) is 0 Å². The first-order chi connectivity index (χ1) is 8.78. The molecule has 5 heteroatoms. The summed E-state index contributed by atoms with van der Waals surface area (Å²) in [6, 6.07) is 0. The molecule has 3 aliphatic rings. The Balaban J connectivity index is 1.57. The first-order valence-electron chi connectivity index (χ1n) is 6.62. The van der Waals surface area contributed by atoms with Crippen molar-refractivity contribution in [3.05, 3.63) is 11.6 Å². The molecule has 0 spiro atoms. The van der Waals surface area contributed by atoms with E-state index in [1.807, 2.05) is 6.08 Å². The minimum Gasteiger partial charge on any atom is -0.392 e. The van der Waals surface area contributed by atoms with Gasteiger partial charge in [-0.05, 0) is 17.9 Å². The number of carbonyl (C=O) groups is 1. The van der Waals surface area contributed by atoms with Crippen molar-refractivity contribution < 1.29 is 19.4 Å². The SMILES string of the molecule is O=C1CC[C@@H](OC[C@H]2C(CO)=C[C@H]3OCC[C@H]32)N1. The average Bonchev–Trinajstić information content (AvgIpc) is 3.02. The summed E-state index contributed by atoms with van der Waals surface area (Å²) in [6.45, 7) is 1.42. The predicted octanol–water partition coefficient (Wildman–Crippen LogP) is 0.193. The van der Waals surface area contributed by atoms with Crippen LogP contribution in [0.15, 0.2) is 11.6 Å². The van der Waals surface area contributed by atoms with E-state index in [-0.39, 0.29) is 30.8 Å². The molecule has 2 aliphatic heterocycles. The van der Waals surface area contributed by atoms with Gasteiger partial charge in [0.2, 0.25) is 5.91 Å². The fraction of sp³-hybridized carbons (Fsp3) is 0.769. The lowest BCUT2D eigenvalue weighted by Crippen LogP contribution is -2.31. The summed E-state index contributed by atoms with van der Waals surface area (Å²) in [7, 11) is 0. The fourth-order valence-electron chi connectivity index (χ4n) is 3.17. The Hall–Kier alpha value is -0.910. The van der Waals surface area contributed by atoms with Gasteiger partial charge in [0.1, 0.15) is 6.23 Å². The Kier molecular flexibility index (Phi) is 3.37. The molecule has 18 heavy (non-hydrogen) atoms. The van der Waals surface area contributed by atoms with Crippen LogP contribution in [0.2, 0.25) is 0 Å². The van der Waals surface area contributed by atoms with Crippen molar-refractivity contribution in [1.82, 2.24) is 5.32 Å². The minimum atomic E-state index is -0.154. The standard InChI is InChI=1S/C13H19NO4/c15-6-8-5-11-9(3-4-17-11)10(8)7-18-13-2-1-12(16)14-13/h5,9-11,13,15H,1-4,6-7H2,(H,14,16)/t9-,10-,11+,13+/m0/s1. The highest BCUT2D eigenvalue weighted by molar-refractivity contribution is 5.78. The summed E-state index contributed by atoms with van der Waals surface area (Å²) in [5.41, 5.74) is 1.02. The number of hydrogen-bond acceptors (Lipinski definition) is 4. The van der Waals surface area contributed by atoms with Crippen LogP contribution in [-0.2, 0) is 14.3 Å². The number of amides is 1. The summed E-state index contributed by atoms with van der Waals surface area (Å²) in [4.78, 5) is 11.1. The predicted molar refractivity (Wildman–Crippen MR) is 63.6 cm³/mol. The van der Waals surface area contributed by atoms with E-state index in [1.54, 1.807) is 0 Å². The monoisotopic (exact) mass is 253 g/mol. The molecule has 3 rings (SSSR count). The molecule has 0 bridgehead atoms. The van der Waals surface area contributed by atoms with E-state index in [1.165, 1.54) is 0 Å². The van der Waals surface area contributed by atoms with Gasteiger partial charge in [0.05, 0.1) is 19.3 Å². The van der Waals surface area contributed by atoms with E-state index in [2.05, 4.69) is 5.32 Å². The van der Waals surface area contributed by atoms with Gasteiger partial charge < -0.3 is 19.9 Å². The van der Waals surface area contributed by atoms with Gasteiger partial charge in [0.25, 0.3) is 0 Å². The van der Waals surface area contributed by atoms with Crippen molar-refractivity contribution >= 4 is 5.91 Å². The van der Waals surface area contributed by atoms with E-state index >= 15 is 0 Å². The topological polar surface area (TPSA) is 67.8 Å². The van der Waals surface area contributed by atoms with Crippen molar-refractivity contribution in [2.45, 2.75) is 31.6 Å². The molecule has 0 radical (unpaired) electrons. The number of hydrogen-bond donors (Lipinski definition) is 2. The first kappa shape index (κ1) is 12.1. The van der Waals surface area contributed by atoms with E-state index in [0.29, 0.717) is 18.9 Å². The number of fused-ring (bicyclic) bond motifs is 1. The third-order valence-corrected chi connectivity index (χ3v) is 4.17. The van der Waals surface area contributed by atoms with E-state index < -0.39 is 0 Å². The van der Waals surface area contributed by atoms with Gasteiger partial charge in [-0.3, -0.25) is 4.79 Å². The first-order valence-corrected chi connectivity index (χ1v) is 6.62. The zero-order chi connectivity index (χ0) is 12.5. The van der Waals surface area contributed by atoms with Crippen LogP contribution < -0.4 is 5.32 Å². The number of rotatable bonds is 4. The molecule has 2 fully saturated rings. The Morgan fingerprint density at radius 2 is 2.39 bits per heavy atom. The largest absolute Gasteiger partial charge is 0.392 e. The Morgan fingerprint density at radius 3 is 3.11 bits per heavy atom. The summed E-state index contributed by atoms with van der Waals surface area (Å²) in [5.74, 6) is 0.732. The van der Waals surface area contributed by atoms with Crippen LogP contribution >= 0.6 is 0 Å². The quantitative estimate of drug-likeness (QED) is 0.702. The number of carbonyl (C=O) groups excluding carboxylic acids is 1. The molecule has 0 aromatic rings. The third-order valence-electron chi connectivity index (χ3n) is 4.17. The second-order valence-electron chi connectivity index (χ2n) is 5.22. The number of aliphatic hydroxyl groups is 1. The zero-order valence-corrected chi connectivity index (χ0v) is 10.3. The maximum atomic E-state index is 11.1. The molecule has 1 aliphatic carbocycles. The lowest BCUT2D eigenvalue weighted by atomic mass is 9.90. The van der Waals surface area contributed by atoms with Gasteiger partial charge in [-0.2, -0.15) is 0 Å².